The van der Waals surface area contributed by atoms with Gasteiger partial charge in [0.1, 0.15) is 6.04 Å². The molecule has 1 unspecified atom stereocenters. The Hall–Kier alpha value is -3.43. The van der Waals surface area contributed by atoms with Gasteiger partial charge in [0.25, 0.3) is 5.91 Å². The van der Waals surface area contributed by atoms with Gasteiger partial charge in [0.2, 0.25) is 5.91 Å². The summed E-state index contributed by atoms with van der Waals surface area (Å²) in [6.45, 7) is 1.74. The zero-order valence-electron chi connectivity index (χ0n) is 18.3. The molecular formula is C25H20ClF3N4O2. The number of hydrogen-bond donors (Lipinski definition) is 1. The summed E-state index contributed by atoms with van der Waals surface area (Å²) in [4.78, 5) is 34.2. The number of amides is 2. The first-order valence-electron chi connectivity index (χ1n) is 10.9. The predicted molar refractivity (Wildman–Crippen MR) is 125 cm³/mol. The van der Waals surface area contributed by atoms with Gasteiger partial charge in [0.15, 0.2) is 0 Å². The summed E-state index contributed by atoms with van der Waals surface area (Å²) < 4.78 is 39.5. The van der Waals surface area contributed by atoms with Crippen molar-refractivity contribution >= 4 is 29.1 Å². The van der Waals surface area contributed by atoms with E-state index < -0.39 is 17.8 Å². The Morgan fingerprint density at radius 1 is 1.03 bits per heavy atom. The van der Waals surface area contributed by atoms with Gasteiger partial charge in [-0.25, -0.2) is 0 Å². The van der Waals surface area contributed by atoms with Crippen molar-refractivity contribution in [2.24, 2.45) is 0 Å². The second-order valence-corrected chi connectivity index (χ2v) is 9.03. The minimum absolute atomic E-state index is 0.253. The summed E-state index contributed by atoms with van der Waals surface area (Å²) in [5.74, 6) is -0.640. The average Bonchev–Trinajstić information content (AvgIpc) is 2.93. The highest BCUT2D eigenvalue weighted by Crippen LogP contribution is 2.34. The Balaban J connectivity index is 1.41. The van der Waals surface area contributed by atoms with Gasteiger partial charge in [-0.3, -0.25) is 19.5 Å². The van der Waals surface area contributed by atoms with E-state index in [4.69, 9.17) is 11.6 Å². The normalized spacial score (nSPS) is 18.5. The molecule has 1 atom stereocenters. The molecule has 2 aromatic carbocycles. The van der Waals surface area contributed by atoms with E-state index >= 15 is 0 Å². The van der Waals surface area contributed by atoms with Gasteiger partial charge < -0.3 is 10.2 Å². The lowest BCUT2D eigenvalue weighted by atomic mass is 9.99. The minimum atomic E-state index is -4.47. The summed E-state index contributed by atoms with van der Waals surface area (Å²) in [6.07, 6.45) is -1.22. The molecule has 1 saturated heterocycles. The first kappa shape index (κ1) is 23.3. The number of anilines is 1. The van der Waals surface area contributed by atoms with Gasteiger partial charge in [0.05, 0.1) is 21.8 Å². The number of benzene rings is 2. The lowest BCUT2D eigenvalue weighted by Gasteiger charge is -2.39. The van der Waals surface area contributed by atoms with Crippen molar-refractivity contribution in [3.8, 4) is 11.1 Å². The number of fused-ring (bicyclic) bond motifs is 2. The Morgan fingerprint density at radius 2 is 1.83 bits per heavy atom. The van der Waals surface area contributed by atoms with Gasteiger partial charge in [0, 0.05) is 38.6 Å². The Morgan fingerprint density at radius 3 is 2.60 bits per heavy atom. The predicted octanol–water partition coefficient (Wildman–Crippen LogP) is 4.70. The van der Waals surface area contributed by atoms with Crippen molar-refractivity contribution in [1.29, 1.82) is 0 Å². The lowest BCUT2D eigenvalue weighted by molar-refractivity contribution is -0.137. The molecule has 35 heavy (non-hydrogen) atoms. The number of nitrogens with zero attached hydrogens (tertiary/aromatic N) is 3. The molecular weight excluding hydrogens is 481 g/mol. The Labute approximate surface area is 204 Å². The van der Waals surface area contributed by atoms with E-state index in [0.29, 0.717) is 48.0 Å². The maximum absolute atomic E-state index is 13.4. The third-order valence-corrected chi connectivity index (χ3v) is 6.43. The first-order valence-corrected chi connectivity index (χ1v) is 11.3. The summed E-state index contributed by atoms with van der Waals surface area (Å²) in [7, 11) is 0. The van der Waals surface area contributed by atoms with Crippen LogP contribution in [0.25, 0.3) is 11.1 Å². The fraction of sp³-hybridized carbons (Fsp3) is 0.240. The topological polar surface area (TPSA) is 65.5 Å². The van der Waals surface area contributed by atoms with Crippen molar-refractivity contribution in [2.75, 3.05) is 25.0 Å². The molecule has 1 N–H and O–H groups in total. The molecule has 0 spiro atoms. The fourth-order valence-electron chi connectivity index (χ4n) is 4.51. The van der Waals surface area contributed by atoms with Crippen molar-refractivity contribution < 1.29 is 22.8 Å². The molecule has 3 aromatic rings. The second-order valence-electron chi connectivity index (χ2n) is 8.59. The maximum Gasteiger partial charge on any atom is 0.416 e. The highest BCUT2D eigenvalue weighted by Gasteiger charge is 2.39. The molecule has 180 valence electrons. The summed E-state index contributed by atoms with van der Waals surface area (Å²) in [6, 6.07) is 10.8. The summed E-state index contributed by atoms with van der Waals surface area (Å²) >= 11 is 6.02. The number of hydrogen-bond acceptors (Lipinski definition) is 4. The standard InChI is InChI=1S/C25H20ClF3N4O2/c26-19-8-15(11-30-12-19)13-32-6-7-33-22(14-32)23(34)31-21-5-4-17(10-20(21)24(33)35)16-2-1-3-18(9-16)25(27,28)29/h1-5,8-12,22H,6-7,13-14H2,(H,31,34). The van der Waals surface area contributed by atoms with Gasteiger partial charge in [-0.2, -0.15) is 13.2 Å². The van der Waals surface area contributed by atoms with Crippen LogP contribution >= 0.6 is 11.6 Å². The maximum atomic E-state index is 13.4. The molecule has 3 heterocycles. The second kappa shape index (κ2) is 8.98. The number of alkyl halides is 3. The SMILES string of the molecule is O=C1Nc2ccc(-c3cccc(C(F)(F)F)c3)cc2C(=O)N2CCN(Cc3cncc(Cl)c3)CC12. The van der Waals surface area contributed by atoms with Crippen molar-refractivity contribution in [1.82, 2.24) is 14.8 Å². The van der Waals surface area contributed by atoms with E-state index in [0.717, 1.165) is 17.7 Å². The van der Waals surface area contributed by atoms with E-state index in [9.17, 15) is 22.8 Å². The van der Waals surface area contributed by atoms with Crippen LogP contribution < -0.4 is 5.32 Å². The van der Waals surface area contributed by atoms with Crippen molar-refractivity contribution in [2.45, 2.75) is 18.8 Å². The average molecular weight is 501 g/mol. The molecule has 0 radical (unpaired) electrons. The third kappa shape index (κ3) is 4.74. The van der Waals surface area contributed by atoms with Crippen molar-refractivity contribution in [3.63, 3.8) is 0 Å². The zero-order valence-corrected chi connectivity index (χ0v) is 19.1. The largest absolute Gasteiger partial charge is 0.416 e. The van der Waals surface area contributed by atoms with Gasteiger partial charge in [-0.1, -0.05) is 29.8 Å². The highest BCUT2D eigenvalue weighted by molar-refractivity contribution is 6.30. The molecule has 0 aliphatic carbocycles. The van der Waals surface area contributed by atoms with Crippen LogP contribution in [0.3, 0.4) is 0 Å². The summed E-state index contributed by atoms with van der Waals surface area (Å²) in [5.41, 5.74) is 1.53. The van der Waals surface area contributed by atoms with Crippen LogP contribution in [0.5, 0.6) is 0 Å². The molecule has 1 fully saturated rings. The van der Waals surface area contributed by atoms with Crippen LogP contribution in [0.2, 0.25) is 5.02 Å². The van der Waals surface area contributed by atoms with Crippen LogP contribution in [-0.2, 0) is 17.5 Å². The lowest BCUT2D eigenvalue weighted by Crippen LogP contribution is -2.58. The summed E-state index contributed by atoms with van der Waals surface area (Å²) in [5, 5.41) is 3.34. The first-order chi connectivity index (χ1) is 16.7. The monoisotopic (exact) mass is 500 g/mol. The number of rotatable bonds is 3. The molecule has 2 amide bonds. The van der Waals surface area contributed by atoms with Crippen molar-refractivity contribution in [3.05, 3.63) is 82.6 Å². The molecule has 0 saturated carbocycles. The van der Waals surface area contributed by atoms with E-state index in [-0.39, 0.29) is 17.4 Å². The number of piperazine rings is 1. The van der Waals surface area contributed by atoms with E-state index in [2.05, 4.69) is 15.2 Å². The molecule has 10 heteroatoms. The molecule has 2 aliphatic heterocycles. The minimum Gasteiger partial charge on any atom is -0.324 e. The van der Waals surface area contributed by atoms with Gasteiger partial charge in [-0.15, -0.1) is 0 Å². The number of carbonyl (C=O) groups is 2. The number of carbonyl (C=O) groups excluding carboxylic acids is 2. The smallest absolute Gasteiger partial charge is 0.324 e. The van der Waals surface area contributed by atoms with E-state index in [1.54, 1.807) is 36.7 Å². The number of halogens is 4. The van der Waals surface area contributed by atoms with Crippen LogP contribution in [0.4, 0.5) is 18.9 Å². The van der Waals surface area contributed by atoms with Crippen LogP contribution in [-0.4, -0.2) is 52.3 Å². The fourth-order valence-corrected chi connectivity index (χ4v) is 4.70. The Kier molecular flexibility index (Phi) is 5.98. The number of aromatic nitrogens is 1. The molecule has 0 bridgehead atoms. The van der Waals surface area contributed by atoms with Crippen LogP contribution in [0.15, 0.2) is 60.9 Å². The van der Waals surface area contributed by atoms with E-state index in [1.807, 2.05) is 6.07 Å². The molecule has 5 rings (SSSR count). The molecule has 1 aromatic heterocycles. The van der Waals surface area contributed by atoms with Gasteiger partial charge >= 0.3 is 6.18 Å². The Bertz CT molecular complexity index is 1310. The van der Waals surface area contributed by atoms with E-state index in [1.165, 1.54) is 11.0 Å². The molecule has 2 aliphatic rings. The number of pyridine rings is 1. The molecule has 6 nitrogen and oxygen atoms in total. The third-order valence-electron chi connectivity index (χ3n) is 6.23. The van der Waals surface area contributed by atoms with Crippen LogP contribution in [0.1, 0.15) is 21.5 Å². The highest BCUT2D eigenvalue weighted by atomic mass is 35.5. The number of nitrogens with one attached hydrogen (secondary N) is 1. The van der Waals surface area contributed by atoms with Crippen LogP contribution in [0, 0.1) is 0 Å². The van der Waals surface area contributed by atoms with Gasteiger partial charge in [-0.05, 0) is 47.0 Å². The zero-order chi connectivity index (χ0) is 24.7. The quantitative estimate of drug-likeness (QED) is 0.566.